The number of anilines is 2. The van der Waals surface area contributed by atoms with Crippen molar-refractivity contribution < 1.29 is 9.84 Å². The minimum Gasteiger partial charge on any atom is -0.395 e. The summed E-state index contributed by atoms with van der Waals surface area (Å²) < 4.78 is 5.51. The van der Waals surface area contributed by atoms with E-state index in [9.17, 15) is 0 Å². The van der Waals surface area contributed by atoms with E-state index in [2.05, 4.69) is 25.3 Å². The van der Waals surface area contributed by atoms with E-state index in [1.54, 1.807) is 0 Å². The summed E-state index contributed by atoms with van der Waals surface area (Å²) >= 11 is 0. The Bertz CT molecular complexity index is 873. The molecule has 27 heavy (non-hydrogen) atoms. The lowest BCUT2D eigenvalue weighted by Gasteiger charge is -2.20. The number of aromatic nitrogens is 4. The minimum atomic E-state index is 0.0320. The standard InChI is InChI=1S/C19H24N6O2/c1-25(11-17-21-14-4-2-3-5-15(14)22-17)18-10-16(13-6-9-27-12-13)23-19(24-18)20-7-8-26/h2-5,10,13,26H,6-9,11-12H2,1H3,(H,21,22)(H,20,23,24). The second-order valence-corrected chi connectivity index (χ2v) is 6.74. The zero-order valence-electron chi connectivity index (χ0n) is 15.4. The topological polar surface area (TPSA) is 99.2 Å². The number of aliphatic hydroxyl groups is 1. The van der Waals surface area contributed by atoms with E-state index in [1.807, 2.05) is 42.3 Å². The molecule has 2 aromatic heterocycles. The number of ether oxygens (including phenoxy) is 1. The van der Waals surface area contributed by atoms with Gasteiger partial charge in [0.1, 0.15) is 11.6 Å². The molecule has 1 atom stereocenters. The van der Waals surface area contributed by atoms with Crippen LogP contribution in [0.25, 0.3) is 11.0 Å². The van der Waals surface area contributed by atoms with E-state index in [0.29, 0.717) is 25.6 Å². The molecule has 0 spiro atoms. The molecule has 4 rings (SSSR count). The molecule has 1 saturated heterocycles. The fourth-order valence-corrected chi connectivity index (χ4v) is 3.26. The fourth-order valence-electron chi connectivity index (χ4n) is 3.26. The molecule has 1 aromatic carbocycles. The van der Waals surface area contributed by atoms with Crippen molar-refractivity contribution in [3.63, 3.8) is 0 Å². The number of imidazole rings is 1. The van der Waals surface area contributed by atoms with Gasteiger partial charge >= 0.3 is 0 Å². The van der Waals surface area contributed by atoms with Gasteiger partial charge in [-0.05, 0) is 18.6 Å². The Balaban J connectivity index is 1.58. The summed E-state index contributed by atoms with van der Waals surface area (Å²) in [5.41, 5.74) is 2.95. The Labute approximate surface area is 157 Å². The average molecular weight is 368 g/mol. The highest BCUT2D eigenvalue weighted by Gasteiger charge is 2.21. The van der Waals surface area contributed by atoms with Crippen molar-refractivity contribution in [1.29, 1.82) is 0 Å². The van der Waals surface area contributed by atoms with Crippen LogP contribution in [0.3, 0.4) is 0 Å². The second-order valence-electron chi connectivity index (χ2n) is 6.74. The third kappa shape index (κ3) is 4.01. The molecule has 0 aliphatic carbocycles. The van der Waals surface area contributed by atoms with Gasteiger partial charge in [-0.1, -0.05) is 12.1 Å². The molecule has 1 fully saturated rings. The molecule has 0 amide bonds. The summed E-state index contributed by atoms with van der Waals surface area (Å²) in [6.07, 6.45) is 0.961. The van der Waals surface area contributed by atoms with Crippen LogP contribution in [0.1, 0.15) is 23.9 Å². The van der Waals surface area contributed by atoms with E-state index in [4.69, 9.17) is 9.84 Å². The quantitative estimate of drug-likeness (QED) is 0.586. The molecule has 1 unspecified atom stereocenters. The second kappa shape index (κ2) is 7.89. The van der Waals surface area contributed by atoms with Gasteiger partial charge in [0, 0.05) is 32.2 Å². The Morgan fingerprint density at radius 3 is 2.96 bits per heavy atom. The zero-order valence-corrected chi connectivity index (χ0v) is 15.4. The first-order valence-corrected chi connectivity index (χ1v) is 9.19. The Hall–Kier alpha value is -2.71. The summed E-state index contributed by atoms with van der Waals surface area (Å²) in [7, 11) is 1.99. The number of H-pyrrole nitrogens is 1. The van der Waals surface area contributed by atoms with Gasteiger partial charge in [0.2, 0.25) is 5.95 Å². The fraction of sp³-hybridized carbons (Fsp3) is 0.421. The van der Waals surface area contributed by atoms with Gasteiger partial charge in [-0.2, -0.15) is 4.98 Å². The van der Waals surface area contributed by atoms with Crippen molar-refractivity contribution in [1.82, 2.24) is 19.9 Å². The lowest BCUT2D eigenvalue weighted by molar-refractivity contribution is 0.193. The Morgan fingerprint density at radius 1 is 1.30 bits per heavy atom. The molecule has 1 aliphatic rings. The van der Waals surface area contributed by atoms with Crippen molar-refractivity contribution in [3.8, 4) is 0 Å². The van der Waals surface area contributed by atoms with Gasteiger partial charge in [0.05, 0.1) is 36.5 Å². The molecule has 142 valence electrons. The summed E-state index contributed by atoms with van der Waals surface area (Å²) in [6.45, 7) is 2.49. The third-order valence-electron chi connectivity index (χ3n) is 4.69. The number of hydrogen-bond donors (Lipinski definition) is 3. The smallest absolute Gasteiger partial charge is 0.224 e. The molecule has 0 bridgehead atoms. The predicted octanol–water partition coefficient (Wildman–Crippen LogP) is 1.90. The largest absolute Gasteiger partial charge is 0.395 e. The summed E-state index contributed by atoms with van der Waals surface area (Å²) in [4.78, 5) is 19.3. The lowest BCUT2D eigenvalue weighted by Crippen LogP contribution is -2.21. The van der Waals surface area contributed by atoms with Gasteiger partial charge in [-0.15, -0.1) is 0 Å². The van der Waals surface area contributed by atoms with Crippen LogP contribution in [-0.4, -0.2) is 58.5 Å². The van der Waals surface area contributed by atoms with E-state index in [1.165, 1.54) is 0 Å². The average Bonchev–Trinajstić information content (AvgIpc) is 3.35. The summed E-state index contributed by atoms with van der Waals surface area (Å²) in [5, 5.41) is 12.2. The number of benzene rings is 1. The maximum atomic E-state index is 9.09. The Morgan fingerprint density at radius 2 is 2.19 bits per heavy atom. The molecule has 8 heteroatoms. The molecular formula is C19H24N6O2. The van der Waals surface area contributed by atoms with Crippen molar-refractivity contribution in [2.45, 2.75) is 18.9 Å². The number of rotatable bonds is 7. The van der Waals surface area contributed by atoms with Crippen LogP contribution in [-0.2, 0) is 11.3 Å². The first-order chi connectivity index (χ1) is 13.2. The van der Waals surface area contributed by atoms with Crippen molar-refractivity contribution in [3.05, 3.63) is 41.9 Å². The molecule has 0 radical (unpaired) electrons. The van der Waals surface area contributed by atoms with Gasteiger partial charge < -0.3 is 25.0 Å². The molecule has 1 aliphatic heterocycles. The van der Waals surface area contributed by atoms with Crippen molar-refractivity contribution in [2.24, 2.45) is 0 Å². The summed E-state index contributed by atoms with van der Waals surface area (Å²) in [6, 6.07) is 10.0. The van der Waals surface area contributed by atoms with E-state index in [0.717, 1.165) is 41.4 Å². The predicted molar refractivity (Wildman–Crippen MR) is 104 cm³/mol. The number of fused-ring (bicyclic) bond motifs is 1. The summed E-state index contributed by atoms with van der Waals surface area (Å²) in [5.74, 6) is 2.50. The molecule has 3 aromatic rings. The van der Waals surface area contributed by atoms with Crippen LogP contribution in [0.5, 0.6) is 0 Å². The maximum Gasteiger partial charge on any atom is 0.224 e. The van der Waals surface area contributed by atoms with Gasteiger partial charge in [-0.3, -0.25) is 0 Å². The highest BCUT2D eigenvalue weighted by Crippen LogP contribution is 2.27. The molecule has 3 heterocycles. The minimum absolute atomic E-state index is 0.0320. The van der Waals surface area contributed by atoms with Gasteiger partial charge in [0.25, 0.3) is 0 Å². The van der Waals surface area contributed by atoms with Gasteiger partial charge in [0.15, 0.2) is 0 Å². The number of nitrogens with one attached hydrogen (secondary N) is 2. The molecule has 0 saturated carbocycles. The van der Waals surface area contributed by atoms with Crippen LogP contribution in [0.2, 0.25) is 0 Å². The number of para-hydroxylation sites is 2. The van der Waals surface area contributed by atoms with Crippen molar-refractivity contribution >= 4 is 22.8 Å². The number of aliphatic hydroxyl groups excluding tert-OH is 1. The van der Waals surface area contributed by atoms with Gasteiger partial charge in [-0.25, -0.2) is 9.97 Å². The number of hydrogen-bond acceptors (Lipinski definition) is 7. The van der Waals surface area contributed by atoms with Crippen LogP contribution in [0, 0.1) is 0 Å². The van der Waals surface area contributed by atoms with Crippen molar-refractivity contribution in [2.75, 3.05) is 43.6 Å². The molecular weight excluding hydrogens is 344 g/mol. The highest BCUT2D eigenvalue weighted by atomic mass is 16.5. The Kier molecular flexibility index (Phi) is 5.17. The maximum absolute atomic E-state index is 9.09. The normalized spacial score (nSPS) is 16.7. The molecule has 8 nitrogen and oxygen atoms in total. The van der Waals surface area contributed by atoms with Crippen LogP contribution >= 0.6 is 0 Å². The monoisotopic (exact) mass is 368 g/mol. The third-order valence-corrected chi connectivity index (χ3v) is 4.69. The first-order valence-electron chi connectivity index (χ1n) is 9.19. The van der Waals surface area contributed by atoms with E-state index in [-0.39, 0.29) is 12.5 Å². The first kappa shape index (κ1) is 17.7. The lowest BCUT2D eigenvalue weighted by atomic mass is 10.0. The van der Waals surface area contributed by atoms with E-state index < -0.39 is 0 Å². The number of aromatic amines is 1. The number of nitrogens with zero attached hydrogens (tertiary/aromatic N) is 4. The SMILES string of the molecule is CN(Cc1nc2ccccc2[nH]1)c1cc(C2CCOC2)nc(NCCO)n1. The zero-order chi connectivity index (χ0) is 18.6. The van der Waals surface area contributed by atoms with E-state index >= 15 is 0 Å². The van der Waals surface area contributed by atoms with Crippen LogP contribution in [0.15, 0.2) is 30.3 Å². The van der Waals surface area contributed by atoms with Crippen LogP contribution in [0.4, 0.5) is 11.8 Å². The highest BCUT2D eigenvalue weighted by molar-refractivity contribution is 5.74. The van der Waals surface area contributed by atoms with Crippen LogP contribution < -0.4 is 10.2 Å². The molecule has 3 N–H and O–H groups in total.